The highest BCUT2D eigenvalue weighted by molar-refractivity contribution is 6.33. The number of anilines is 1. The minimum Gasteiger partial charge on any atom is -0.497 e. The molecule has 0 unspecified atom stereocenters. The lowest BCUT2D eigenvalue weighted by Crippen LogP contribution is -2.29. The topological polar surface area (TPSA) is 51.9 Å². The van der Waals surface area contributed by atoms with Gasteiger partial charge in [0.15, 0.2) is 5.65 Å². The van der Waals surface area contributed by atoms with E-state index in [0.29, 0.717) is 18.2 Å². The highest BCUT2D eigenvalue weighted by Gasteiger charge is 2.31. The van der Waals surface area contributed by atoms with Crippen molar-refractivity contribution in [2.45, 2.75) is 39.5 Å². The second-order valence-electron chi connectivity index (χ2n) is 9.20. The Balaban J connectivity index is 1.54. The first kappa shape index (κ1) is 21.4. The van der Waals surface area contributed by atoms with Crippen molar-refractivity contribution in [1.29, 1.82) is 0 Å². The number of fused-ring (bicyclic) bond motifs is 2. The number of benzene rings is 2. The van der Waals surface area contributed by atoms with Gasteiger partial charge in [-0.3, -0.25) is 0 Å². The summed E-state index contributed by atoms with van der Waals surface area (Å²) in [5.41, 5.74) is 6.98. The summed E-state index contributed by atoms with van der Waals surface area (Å²) in [6.45, 7) is 4.92. The highest BCUT2D eigenvalue weighted by Crippen LogP contribution is 2.40. The molecule has 174 valence electrons. The van der Waals surface area contributed by atoms with Crippen LogP contribution in [0, 0.1) is 12.8 Å². The first-order valence-electron chi connectivity index (χ1n) is 11.7. The summed E-state index contributed by atoms with van der Waals surface area (Å²) in [7, 11) is 1.64. The number of rotatable bonds is 7. The third-order valence-corrected chi connectivity index (χ3v) is 7.03. The van der Waals surface area contributed by atoms with Crippen molar-refractivity contribution in [3.05, 3.63) is 76.1 Å². The minimum absolute atomic E-state index is 0.515. The van der Waals surface area contributed by atoms with Gasteiger partial charge < -0.3 is 14.4 Å². The molecule has 2 aromatic carbocycles. The number of aromatic nitrogens is 3. The van der Waals surface area contributed by atoms with Crippen molar-refractivity contribution in [2.24, 2.45) is 5.92 Å². The van der Waals surface area contributed by atoms with Gasteiger partial charge in [-0.15, -0.1) is 0 Å². The number of ether oxygens (including phenoxy) is 2. The normalized spacial score (nSPS) is 15.0. The van der Waals surface area contributed by atoms with E-state index in [2.05, 4.69) is 35.2 Å². The number of aryl methyl sites for hydroxylation is 1. The molecular formula is C27H27ClN4O2. The number of halogens is 1. The molecule has 1 aliphatic carbocycles. The van der Waals surface area contributed by atoms with Gasteiger partial charge in [-0.25, -0.2) is 4.98 Å². The van der Waals surface area contributed by atoms with E-state index in [9.17, 15) is 0 Å². The SMILES string of the molecule is COc1ccc(-c2c(C)nn3c(N(Cc4ccccc4)CC4CC4)c4c(nc23)COC4)c(Cl)c1. The first-order valence-corrected chi connectivity index (χ1v) is 12.1. The zero-order valence-corrected chi connectivity index (χ0v) is 20.2. The molecule has 3 heterocycles. The van der Waals surface area contributed by atoms with Crippen molar-refractivity contribution in [1.82, 2.24) is 14.6 Å². The van der Waals surface area contributed by atoms with E-state index < -0.39 is 0 Å². The van der Waals surface area contributed by atoms with Crippen LogP contribution in [0.3, 0.4) is 0 Å². The number of hydrogen-bond donors (Lipinski definition) is 0. The molecule has 6 nitrogen and oxygen atoms in total. The maximum atomic E-state index is 6.70. The average molecular weight is 475 g/mol. The molecule has 2 aliphatic rings. The molecule has 0 N–H and O–H groups in total. The molecule has 1 aliphatic heterocycles. The zero-order chi connectivity index (χ0) is 23.2. The summed E-state index contributed by atoms with van der Waals surface area (Å²) in [6.07, 6.45) is 2.56. The number of hydrogen-bond acceptors (Lipinski definition) is 5. The van der Waals surface area contributed by atoms with Gasteiger partial charge in [0.1, 0.15) is 11.6 Å². The first-order chi connectivity index (χ1) is 16.6. The molecule has 0 saturated heterocycles. The van der Waals surface area contributed by atoms with Gasteiger partial charge in [0.2, 0.25) is 0 Å². The molecule has 2 aromatic heterocycles. The molecule has 0 spiro atoms. The van der Waals surface area contributed by atoms with Crippen LogP contribution in [-0.2, 0) is 24.5 Å². The van der Waals surface area contributed by atoms with Crippen molar-refractivity contribution in [3.8, 4) is 16.9 Å². The van der Waals surface area contributed by atoms with E-state index in [-0.39, 0.29) is 0 Å². The molecule has 6 rings (SSSR count). The standard InChI is InChI=1S/C27H27ClN4O2/c1-17-25(21-11-10-20(33-2)12-23(21)28)26-29-24-16-34-15-22(24)27(32(26)30-17)31(14-19-8-9-19)13-18-6-4-3-5-7-18/h3-7,10-12,19H,8-9,13-16H2,1-2H3. The number of methoxy groups -OCH3 is 1. The molecule has 0 radical (unpaired) electrons. The molecule has 1 saturated carbocycles. The molecule has 1 fully saturated rings. The fourth-order valence-electron chi connectivity index (χ4n) is 4.84. The third-order valence-electron chi connectivity index (χ3n) is 6.72. The molecule has 4 aromatic rings. The summed E-state index contributed by atoms with van der Waals surface area (Å²) < 4.78 is 13.2. The van der Waals surface area contributed by atoms with Crippen molar-refractivity contribution in [3.63, 3.8) is 0 Å². The van der Waals surface area contributed by atoms with E-state index in [1.54, 1.807) is 7.11 Å². The molecule has 0 amide bonds. The van der Waals surface area contributed by atoms with Crippen LogP contribution in [-0.4, -0.2) is 28.3 Å². The Hall–Kier alpha value is -3.09. The predicted octanol–water partition coefficient (Wildman–Crippen LogP) is 5.81. The van der Waals surface area contributed by atoms with Crippen LogP contribution >= 0.6 is 11.6 Å². The summed E-state index contributed by atoms with van der Waals surface area (Å²) in [4.78, 5) is 7.51. The molecular weight excluding hydrogens is 448 g/mol. The Morgan fingerprint density at radius 1 is 1.15 bits per heavy atom. The average Bonchev–Trinajstić information content (AvgIpc) is 3.43. The monoisotopic (exact) mass is 474 g/mol. The minimum atomic E-state index is 0.515. The summed E-state index contributed by atoms with van der Waals surface area (Å²) in [5.74, 6) is 2.54. The van der Waals surface area contributed by atoms with E-state index in [4.69, 9.17) is 31.2 Å². The lowest BCUT2D eigenvalue weighted by Gasteiger charge is -2.27. The summed E-state index contributed by atoms with van der Waals surface area (Å²) in [5, 5.41) is 5.63. The Bertz CT molecular complexity index is 1360. The van der Waals surface area contributed by atoms with Gasteiger partial charge in [-0.2, -0.15) is 9.61 Å². The van der Waals surface area contributed by atoms with E-state index >= 15 is 0 Å². The van der Waals surface area contributed by atoms with Crippen LogP contribution in [0.15, 0.2) is 48.5 Å². The molecule has 0 atom stereocenters. The van der Waals surface area contributed by atoms with E-state index in [1.165, 1.54) is 18.4 Å². The lowest BCUT2D eigenvalue weighted by atomic mass is 10.1. The van der Waals surface area contributed by atoms with Gasteiger partial charge in [-0.1, -0.05) is 41.9 Å². The second-order valence-corrected chi connectivity index (χ2v) is 9.61. The van der Waals surface area contributed by atoms with Crippen molar-refractivity contribution in [2.75, 3.05) is 18.6 Å². The third kappa shape index (κ3) is 3.81. The fourth-order valence-corrected chi connectivity index (χ4v) is 5.11. The van der Waals surface area contributed by atoms with Crippen LogP contribution in [0.5, 0.6) is 5.75 Å². The van der Waals surface area contributed by atoms with Gasteiger partial charge >= 0.3 is 0 Å². The predicted molar refractivity (Wildman–Crippen MR) is 133 cm³/mol. The lowest BCUT2D eigenvalue weighted by molar-refractivity contribution is 0.133. The van der Waals surface area contributed by atoms with Crippen molar-refractivity contribution < 1.29 is 9.47 Å². The molecule has 34 heavy (non-hydrogen) atoms. The maximum Gasteiger partial charge on any atom is 0.165 e. The smallest absolute Gasteiger partial charge is 0.165 e. The second kappa shape index (κ2) is 8.60. The van der Waals surface area contributed by atoms with E-state index in [1.807, 2.05) is 29.6 Å². The molecule has 7 heteroatoms. The van der Waals surface area contributed by atoms with E-state index in [0.717, 1.165) is 64.3 Å². The largest absolute Gasteiger partial charge is 0.497 e. The fraction of sp³-hybridized carbons (Fsp3) is 0.333. The van der Waals surface area contributed by atoms with Gasteiger partial charge in [0, 0.05) is 24.2 Å². The van der Waals surface area contributed by atoms with Crippen LogP contribution in [0.4, 0.5) is 5.82 Å². The summed E-state index contributed by atoms with van der Waals surface area (Å²) >= 11 is 6.70. The number of nitrogens with zero attached hydrogens (tertiary/aromatic N) is 4. The summed E-state index contributed by atoms with van der Waals surface area (Å²) in [6, 6.07) is 16.4. The Kier molecular flexibility index (Phi) is 5.42. The van der Waals surface area contributed by atoms with Crippen LogP contribution < -0.4 is 9.64 Å². The van der Waals surface area contributed by atoms with Gasteiger partial charge in [0.05, 0.1) is 42.3 Å². The van der Waals surface area contributed by atoms with Crippen LogP contribution in [0.25, 0.3) is 16.8 Å². The van der Waals surface area contributed by atoms with Crippen molar-refractivity contribution >= 4 is 23.1 Å². The Labute approximate surface area is 204 Å². The Morgan fingerprint density at radius 2 is 1.97 bits per heavy atom. The van der Waals surface area contributed by atoms with Gasteiger partial charge in [-0.05, 0) is 49.4 Å². The van der Waals surface area contributed by atoms with Crippen LogP contribution in [0.2, 0.25) is 5.02 Å². The molecule has 0 bridgehead atoms. The maximum absolute atomic E-state index is 6.70. The zero-order valence-electron chi connectivity index (χ0n) is 19.4. The van der Waals surface area contributed by atoms with Gasteiger partial charge in [0.25, 0.3) is 0 Å². The highest BCUT2D eigenvalue weighted by atomic mass is 35.5. The quantitative estimate of drug-likeness (QED) is 0.338. The van der Waals surface area contributed by atoms with Crippen LogP contribution in [0.1, 0.15) is 35.4 Å². The Morgan fingerprint density at radius 3 is 2.71 bits per heavy atom.